The first-order valence-corrected chi connectivity index (χ1v) is 9.16. The van der Waals surface area contributed by atoms with Crippen LogP contribution in [-0.4, -0.2) is 16.6 Å². The third-order valence-corrected chi connectivity index (χ3v) is 5.58. The summed E-state index contributed by atoms with van der Waals surface area (Å²) in [6, 6.07) is 10.2. The molecular weight excluding hydrogens is 393 g/mol. The molecule has 9 heteroatoms. The predicted molar refractivity (Wildman–Crippen MR) is 95.4 cm³/mol. The zero-order valence-electron chi connectivity index (χ0n) is 12.4. The molecule has 0 aliphatic heterocycles. The molecule has 0 bridgehead atoms. The minimum absolute atomic E-state index is 0.0419. The van der Waals surface area contributed by atoms with Gasteiger partial charge in [-0.05, 0) is 30.3 Å². The Morgan fingerprint density at radius 3 is 2.76 bits per heavy atom. The summed E-state index contributed by atoms with van der Waals surface area (Å²) in [5, 5.41) is 2.87. The number of fused-ring (bicyclic) bond motifs is 1. The van der Waals surface area contributed by atoms with Gasteiger partial charge in [-0.3, -0.25) is 4.79 Å². The largest absolute Gasteiger partial charge is 0.418 e. The van der Waals surface area contributed by atoms with Gasteiger partial charge in [0.1, 0.15) is 0 Å². The van der Waals surface area contributed by atoms with Gasteiger partial charge in [-0.1, -0.05) is 35.5 Å². The molecule has 1 heterocycles. The van der Waals surface area contributed by atoms with Crippen molar-refractivity contribution in [2.45, 2.75) is 10.5 Å². The van der Waals surface area contributed by atoms with Crippen LogP contribution in [0.5, 0.6) is 0 Å². The SMILES string of the molecule is O=C(CSc1nc2cc(Cl)ccc2s1)Nc1ccccc1C(F)(F)F. The van der Waals surface area contributed by atoms with E-state index < -0.39 is 17.6 Å². The minimum atomic E-state index is -4.52. The van der Waals surface area contributed by atoms with E-state index in [4.69, 9.17) is 11.6 Å². The number of rotatable bonds is 4. The molecule has 130 valence electrons. The number of amides is 1. The maximum atomic E-state index is 12.9. The van der Waals surface area contributed by atoms with Crippen LogP contribution in [0.4, 0.5) is 18.9 Å². The number of nitrogens with one attached hydrogen (secondary N) is 1. The smallest absolute Gasteiger partial charge is 0.325 e. The van der Waals surface area contributed by atoms with Crippen LogP contribution in [0.1, 0.15) is 5.56 Å². The summed E-state index contributed by atoms with van der Waals surface area (Å²) in [5.74, 6) is -0.571. The molecule has 0 spiro atoms. The molecule has 3 nitrogen and oxygen atoms in total. The highest BCUT2D eigenvalue weighted by molar-refractivity contribution is 8.01. The van der Waals surface area contributed by atoms with Crippen LogP contribution in [-0.2, 0) is 11.0 Å². The minimum Gasteiger partial charge on any atom is -0.325 e. The summed E-state index contributed by atoms with van der Waals surface area (Å²) in [6.07, 6.45) is -4.52. The molecule has 0 saturated heterocycles. The molecule has 1 aromatic heterocycles. The van der Waals surface area contributed by atoms with E-state index in [9.17, 15) is 18.0 Å². The summed E-state index contributed by atoms with van der Waals surface area (Å²) in [4.78, 5) is 16.3. The van der Waals surface area contributed by atoms with Crippen molar-refractivity contribution in [1.82, 2.24) is 4.98 Å². The molecule has 0 radical (unpaired) electrons. The number of thiazole rings is 1. The zero-order chi connectivity index (χ0) is 18.0. The van der Waals surface area contributed by atoms with Gasteiger partial charge >= 0.3 is 6.18 Å². The van der Waals surface area contributed by atoms with Crippen molar-refractivity contribution >= 4 is 56.5 Å². The van der Waals surface area contributed by atoms with Gasteiger partial charge in [-0.25, -0.2) is 4.98 Å². The van der Waals surface area contributed by atoms with Crippen LogP contribution in [0, 0.1) is 0 Å². The fraction of sp³-hybridized carbons (Fsp3) is 0.125. The van der Waals surface area contributed by atoms with Crippen LogP contribution in [0.15, 0.2) is 46.8 Å². The Kier molecular flexibility index (Phi) is 5.21. The van der Waals surface area contributed by atoms with Gasteiger partial charge in [-0.2, -0.15) is 13.2 Å². The van der Waals surface area contributed by atoms with Gasteiger partial charge in [-0.15, -0.1) is 11.3 Å². The summed E-state index contributed by atoms with van der Waals surface area (Å²) < 4.78 is 40.3. The van der Waals surface area contributed by atoms with E-state index in [1.807, 2.05) is 6.07 Å². The molecule has 0 fully saturated rings. The zero-order valence-corrected chi connectivity index (χ0v) is 14.8. The van der Waals surface area contributed by atoms with Crippen molar-refractivity contribution in [2.24, 2.45) is 0 Å². The lowest BCUT2D eigenvalue weighted by molar-refractivity contribution is -0.137. The van der Waals surface area contributed by atoms with Gasteiger partial charge in [0, 0.05) is 5.02 Å². The average molecular weight is 403 g/mol. The van der Waals surface area contributed by atoms with Crippen LogP contribution in [0.25, 0.3) is 10.2 Å². The number of hydrogen-bond donors (Lipinski definition) is 1. The number of hydrogen-bond acceptors (Lipinski definition) is 4. The maximum absolute atomic E-state index is 12.9. The van der Waals surface area contributed by atoms with E-state index in [2.05, 4.69) is 10.3 Å². The van der Waals surface area contributed by atoms with Gasteiger partial charge in [0.05, 0.1) is 27.2 Å². The van der Waals surface area contributed by atoms with Crippen LogP contribution < -0.4 is 5.32 Å². The number of para-hydroxylation sites is 1. The Hall–Kier alpha value is -1.77. The number of halogens is 4. The number of nitrogens with zero attached hydrogens (tertiary/aromatic N) is 1. The number of anilines is 1. The molecule has 2 aromatic carbocycles. The lowest BCUT2D eigenvalue weighted by atomic mass is 10.1. The molecule has 0 aliphatic rings. The van der Waals surface area contributed by atoms with E-state index in [-0.39, 0.29) is 11.4 Å². The fourth-order valence-electron chi connectivity index (χ4n) is 2.09. The first-order chi connectivity index (χ1) is 11.8. The molecule has 0 aliphatic carbocycles. The molecule has 1 N–H and O–H groups in total. The number of carbonyl (C=O) groups is 1. The highest BCUT2D eigenvalue weighted by Gasteiger charge is 2.33. The van der Waals surface area contributed by atoms with Crippen LogP contribution >= 0.6 is 34.7 Å². The van der Waals surface area contributed by atoms with Gasteiger partial charge in [0.25, 0.3) is 0 Å². The molecule has 0 unspecified atom stereocenters. The van der Waals surface area contributed by atoms with Gasteiger partial charge in [0.15, 0.2) is 4.34 Å². The summed E-state index contributed by atoms with van der Waals surface area (Å²) >= 11 is 8.46. The number of aromatic nitrogens is 1. The molecule has 3 rings (SSSR count). The topological polar surface area (TPSA) is 42.0 Å². The van der Waals surface area contributed by atoms with Crippen molar-refractivity contribution < 1.29 is 18.0 Å². The standard InChI is InChI=1S/C16H10ClF3N2OS2/c17-9-5-6-13-12(7-9)22-15(25-13)24-8-14(23)21-11-4-2-1-3-10(11)16(18,19)20/h1-7H,8H2,(H,21,23). The molecule has 0 saturated carbocycles. The Bertz CT molecular complexity index is 927. The molecule has 0 atom stereocenters. The Balaban J connectivity index is 1.67. The lowest BCUT2D eigenvalue weighted by Gasteiger charge is -2.13. The van der Waals surface area contributed by atoms with E-state index >= 15 is 0 Å². The number of benzene rings is 2. The second-order valence-corrected chi connectivity index (χ2v) is 7.66. The average Bonchev–Trinajstić information content (AvgIpc) is 2.94. The van der Waals surface area contributed by atoms with Gasteiger partial charge in [0.2, 0.25) is 5.91 Å². The second kappa shape index (κ2) is 7.23. The van der Waals surface area contributed by atoms with E-state index in [0.29, 0.717) is 9.36 Å². The Morgan fingerprint density at radius 1 is 1.24 bits per heavy atom. The number of alkyl halides is 3. The maximum Gasteiger partial charge on any atom is 0.418 e. The molecule has 25 heavy (non-hydrogen) atoms. The third-order valence-electron chi connectivity index (χ3n) is 3.16. The van der Waals surface area contributed by atoms with Crippen LogP contribution in [0.2, 0.25) is 5.02 Å². The lowest BCUT2D eigenvalue weighted by Crippen LogP contribution is -2.18. The van der Waals surface area contributed by atoms with Crippen molar-refractivity contribution in [2.75, 3.05) is 11.1 Å². The quantitative estimate of drug-likeness (QED) is 0.569. The van der Waals surface area contributed by atoms with Crippen LogP contribution in [0.3, 0.4) is 0 Å². The van der Waals surface area contributed by atoms with Crippen molar-refractivity contribution in [1.29, 1.82) is 0 Å². The first-order valence-electron chi connectivity index (χ1n) is 6.98. The highest BCUT2D eigenvalue weighted by Crippen LogP contribution is 2.35. The molecule has 3 aromatic rings. The number of thioether (sulfide) groups is 1. The Labute approximate surface area is 154 Å². The number of carbonyl (C=O) groups excluding carboxylic acids is 1. The second-order valence-electron chi connectivity index (χ2n) is 4.97. The highest BCUT2D eigenvalue weighted by atomic mass is 35.5. The Morgan fingerprint density at radius 2 is 2.00 bits per heavy atom. The summed E-state index contributed by atoms with van der Waals surface area (Å²) in [6.45, 7) is 0. The van der Waals surface area contributed by atoms with Crippen molar-refractivity contribution in [3.63, 3.8) is 0 Å². The van der Waals surface area contributed by atoms with E-state index in [1.165, 1.54) is 29.5 Å². The van der Waals surface area contributed by atoms with E-state index in [0.717, 1.165) is 28.0 Å². The third kappa shape index (κ3) is 4.45. The van der Waals surface area contributed by atoms with Gasteiger partial charge < -0.3 is 5.32 Å². The molecular formula is C16H10ClF3N2OS2. The predicted octanol–water partition coefficient (Wildman–Crippen LogP) is 5.70. The summed E-state index contributed by atoms with van der Waals surface area (Å²) in [7, 11) is 0. The fourth-order valence-corrected chi connectivity index (χ4v) is 4.11. The summed E-state index contributed by atoms with van der Waals surface area (Å²) in [5.41, 5.74) is -0.400. The van der Waals surface area contributed by atoms with E-state index in [1.54, 1.807) is 12.1 Å². The first kappa shape index (κ1) is 18.0. The van der Waals surface area contributed by atoms with Crippen molar-refractivity contribution in [3.05, 3.63) is 53.1 Å². The molecule has 1 amide bonds. The van der Waals surface area contributed by atoms with Crippen molar-refractivity contribution in [3.8, 4) is 0 Å². The monoisotopic (exact) mass is 402 g/mol. The normalized spacial score (nSPS) is 11.7.